The summed E-state index contributed by atoms with van der Waals surface area (Å²) in [5.41, 5.74) is -1.47. The largest absolute Gasteiger partial charge is 0.467 e. The molecule has 0 aromatic carbocycles. The number of nitrogens with one attached hydrogen (secondary N) is 1. The Morgan fingerprint density at radius 3 is 2.77 bits per heavy atom. The minimum Gasteiger partial charge on any atom is -0.467 e. The van der Waals surface area contributed by atoms with Gasteiger partial charge in [-0.3, -0.25) is 4.79 Å². The van der Waals surface area contributed by atoms with Crippen molar-refractivity contribution in [3.63, 3.8) is 0 Å². The van der Waals surface area contributed by atoms with Crippen LogP contribution in [0.25, 0.3) is 0 Å². The molecule has 0 aromatic rings. The van der Waals surface area contributed by atoms with E-state index in [1.165, 1.54) is 0 Å². The minimum absolute atomic E-state index is 0.158. The normalized spacial score (nSPS) is 32.8. The first-order valence-corrected chi connectivity index (χ1v) is 3.75. The Balaban J connectivity index is 2.85. The van der Waals surface area contributed by atoms with Crippen LogP contribution >= 0.6 is 0 Å². The molecule has 0 aromatic heterocycles. The van der Waals surface area contributed by atoms with Crippen LogP contribution < -0.4 is 5.32 Å². The number of amides is 1. The smallest absolute Gasteiger partial charge is 0.334 e. The summed E-state index contributed by atoms with van der Waals surface area (Å²) in [6.45, 7) is -0.581. The van der Waals surface area contributed by atoms with E-state index in [1.54, 1.807) is 0 Å². The summed E-state index contributed by atoms with van der Waals surface area (Å²) in [5, 5.41) is 20.2. The second-order valence-electron chi connectivity index (χ2n) is 2.94. The molecule has 1 aliphatic rings. The fraction of sp³-hybridized carbons (Fsp3) is 0.714. The van der Waals surface area contributed by atoms with Crippen LogP contribution in [0.4, 0.5) is 0 Å². The Morgan fingerprint density at radius 1 is 1.85 bits per heavy atom. The van der Waals surface area contributed by atoms with E-state index in [2.05, 4.69) is 10.1 Å². The molecule has 1 fully saturated rings. The molecule has 1 amide bonds. The topological polar surface area (TPSA) is 95.9 Å². The average molecular weight is 189 g/mol. The fourth-order valence-electron chi connectivity index (χ4n) is 1.29. The highest BCUT2D eigenvalue weighted by molar-refractivity contribution is 5.94. The first kappa shape index (κ1) is 9.94. The number of hydrogen-bond acceptors (Lipinski definition) is 5. The summed E-state index contributed by atoms with van der Waals surface area (Å²) < 4.78 is 4.40. The first-order chi connectivity index (χ1) is 6.05. The van der Waals surface area contributed by atoms with Gasteiger partial charge in [-0.1, -0.05) is 0 Å². The van der Waals surface area contributed by atoms with E-state index in [9.17, 15) is 9.59 Å². The van der Waals surface area contributed by atoms with Crippen molar-refractivity contribution in [3.8, 4) is 0 Å². The van der Waals surface area contributed by atoms with Gasteiger partial charge in [-0.05, 0) is 0 Å². The monoisotopic (exact) mass is 189 g/mol. The standard InChI is InChI=1S/C7H11NO5/c1-13-6(12)7(3-9)2-4(10)5(11)8-7/h4,9-10H,2-3H2,1H3,(H,8,11)/t4-,7+/m1/s1. The lowest BCUT2D eigenvalue weighted by Crippen LogP contribution is -2.52. The molecule has 6 heteroatoms. The van der Waals surface area contributed by atoms with Gasteiger partial charge >= 0.3 is 5.97 Å². The molecule has 0 aliphatic carbocycles. The van der Waals surface area contributed by atoms with Crippen molar-refractivity contribution >= 4 is 11.9 Å². The molecule has 0 unspecified atom stereocenters. The Labute approximate surface area is 74.5 Å². The zero-order chi connectivity index (χ0) is 10.1. The number of carbonyl (C=O) groups excluding carboxylic acids is 2. The second-order valence-corrected chi connectivity index (χ2v) is 2.94. The van der Waals surface area contributed by atoms with Crippen LogP contribution in [0, 0.1) is 0 Å². The van der Waals surface area contributed by atoms with Crippen molar-refractivity contribution in [1.82, 2.24) is 5.32 Å². The number of rotatable bonds is 2. The van der Waals surface area contributed by atoms with E-state index in [1.807, 2.05) is 0 Å². The molecule has 0 bridgehead atoms. The highest BCUT2D eigenvalue weighted by atomic mass is 16.5. The highest BCUT2D eigenvalue weighted by Crippen LogP contribution is 2.21. The number of hydrogen-bond donors (Lipinski definition) is 3. The molecule has 1 saturated heterocycles. The zero-order valence-corrected chi connectivity index (χ0v) is 7.11. The quantitative estimate of drug-likeness (QED) is 0.427. The maximum Gasteiger partial charge on any atom is 0.334 e. The van der Waals surface area contributed by atoms with E-state index in [-0.39, 0.29) is 6.42 Å². The summed E-state index contributed by atoms with van der Waals surface area (Å²) >= 11 is 0. The van der Waals surface area contributed by atoms with Gasteiger partial charge in [-0.2, -0.15) is 0 Å². The van der Waals surface area contributed by atoms with Crippen molar-refractivity contribution in [3.05, 3.63) is 0 Å². The van der Waals surface area contributed by atoms with Gasteiger partial charge in [0.25, 0.3) is 0 Å². The lowest BCUT2D eigenvalue weighted by molar-refractivity contribution is -0.150. The summed E-state index contributed by atoms with van der Waals surface area (Å²) in [6, 6.07) is 0. The number of methoxy groups -OCH3 is 1. The average Bonchev–Trinajstić information content (AvgIpc) is 2.42. The molecule has 13 heavy (non-hydrogen) atoms. The predicted molar refractivity (Wildman–Crippen MR) is 40.6 cm³/mol. The van der Waals surface area contributed by atoms with Gasteiger partial charge in [0.15, 0.2) is 5.54 Å². The fourth-order valence-corrected chi connectivity index (χ4v) is 1.29. The molecule has 1 aliphatic heterocycles. The first-order valence-electron chi connectivity index (χ1n) is 3.75. The third-order valence-electron chi connectivity index (χ3n) is 2.05. The van der Waals surface area contributed by atoms with Crippen molar-refractivity contribution in [2.75, 3.05) is 13.7 Å². The van der Waals surface area contributed by atoms with Crippen LogP contribution in [0.15, 0.2) is 0 Å². The maximum absolute atomic E-state index is 11.2. The summed E-state index contributed by atoms with van der Waals surface area (Å²) in [7, 11) is 1.15. The van der Waals surface area contributed by atoms with Crippen molar-refractivity contribution in [2.45, 2.75) is 18.1 Å². The Morgan fingerprint density at radius 2 is 2.46 bits per heavy atom. The third kappa shape index (κ3) is 1.50. The van der Waals surface area contributed by atoms with Gasteiger partial charge in [-0.25, -0.2) is 4.79 Å². The summed E-state index contributed by atoms with van der Waals surface area (Å²) in [4.78, 5) is 22.0. The Hall–Kier alpha value is -1.14. The molecule has 1 heterocycles. The van der Waals surface area contributed by atoms with Crippen LogP contribution in [-0.2, 0) is 14.3 Å². The number of aliphatic hydroxyl groups is 2. The van der Waals surface area contributed by atoms with Crippen LogP contribution in [0.5, 0.6) is 0 Å². The van der Waals surface area contributed by atoms with Crippen molar-refractivity contribution in [2.24, 2.45) is 0 Å². The van der Waals surface area contributed by atoms with Crippen molar-refractivity contribution in [1.29, 1.82) is 0 Å². The molecule has 0 radical (unpaired) electrons. The third-order valence-corrected chi connectivity index (χ3v) is 2.05. The van der Waals surface area contributed by atoms with Gasteiger partial charge in [0.05, 0.1) is 13.7 Å². The molecule has 6 nitrogen and oxygen atoms in total. The van der Waals surface area contributed by atoms with E-state index in [4.69, 9.17) is 10.2 Å². The van der Waals surface area contributed by atoms with Gasteiger partial charge in [0.1, 0.15) is 6.10 Å². The molecule has 1 rings (SSSR count). The molecular formula is C7H11NO5. The van der Waals surface area contributed by atoms with Crippen LogP contribution in [-0.4, -0.2) is 47.4 Å². The van der Waals surface area contributed by atoms with E-state index in [0.29, 0.717) is 0 Å². The second kappa shape index (κ2) is 3.31. The van der Waals surface area contributed by atoms with E-state index < -0.39 is 30.1 Å². The van der Waals surface area contributed by atoms with Crippen LogP contribution in [0.1, 0.15) is 6.42 Å². The van der Waals surface area contributed by atoms with Crippen molar-refractivity contribution < 1.29 is 24.5 Å². The lowest BCUT2D eigenvalue weighted by atomic mass is 9.98. The molecule has 0 spiro atoms. The molecule has 0 saturated carbocycles. The predicted octanol–water partition coefficient (Wildman–Crippen LogP) is -2.23. The number of carbonyl (C=O) groups is 2. The lowest BCUT2D eigenvalue weighted by Gasteiger charge is -2.22. The number of ether oxygens (including phenoxy) is 1. The van der Waals surface area contributed by atoms with Crippen LogP contribution in [0.3, 0.4) is 0 Å². The molecule has 2 atom stereocenters. The van der Waals surface area contributed by atoms with Gasteiger partial charge in [0.2, 0.25) is 5.91 Å². The van der Waals surface area contributed by atoms with Crippen LogP contribution in [0.2, 0.25) is 0 Å². The SMILES string of the molecule is COC(=O)[C@@]1(CO)C[C@@H](O)C(=O)N1. The molecule has 74 valence electrons. The summed E-state index contributed by atoms with van der Waals surface area (Å²) in [5.74, 6) is -1.42. The van der Waals surface area contributed by atoms with Gasteiger partial charge in [0, 0.05) is 6.42 Å². The number of esters is 1. The van der Waals surface area contributed by atoms with E-state index >= 15 is 0 Å². The zero-order valence-electron chi connectivity index (χ0n) is 7.11. The van der Waals surface area contributed by atoms with E-state index in [0.717, 1.165) is 7.11 Å². The molecule has 3 N–H and O–H groups in total. The molecular weight excluding hydrogens is 178 g/mol. The Bertz CT molecular complexity index is 241. The van der Waals surface area contributed by atoms with Gasteiger partial charge < -0.3 is 20.3 Å². The van der Waals surface area contributed by atoms with Gasteiger partial charge in [-0.15, -0.1) is 0 Å². The minimum atomic E-state index is -1.47. The Kier molecular flexibility index (Phi) is 2.53. The summed E-state index contributed by atoms with van der Waals surface area (Å²) in [6.07, 6.45) is -1.42. The maximum atomic E-state index is 11.2. The highest BCUT2D eigenvalue weighted by Gasteiger charge is 2.49. The number of aliphatic hydroxyl groups excluding tert-OH is 2.